The molecule has 3 heteroatoms. The summed E-state index contributed by atoms with van der Waals surface area (Å²) < 4.78 is 15.6. The average Bonchev–Trinajstić information content (AvgIpc) is 2.69. The van der Waals surface area contributed by atoms with E-state index in [-0.39, 0.29) is 5.92 Å². The Hall–Kier alpha value is -0.410. The summed E-state index contributed by atoms with van der Waals surface area (Å²) >= 11 is 3.42. The molecule has 1 aliphatic heterocycles. The van der Waals surface area contributed by atoms with Gasteiger partial charge in [-0.25, -0.2) is 4.39 Å². The van der Waals surface area contributed by atoms with Gasteiger partial charge in [-0.05, 0) is 37.6 Å². The third-order valence-electron chi connectivity index (χ3n) is 3.35. The molecule has 1 aliphatic rings. The van der Waals surface area contributed by atoms with Gasteiger partial charge < -0.3 is 5.32 Å². The van der Waals surface area contributed by atoms with Crippen molar-refractivity contribution in [2.24, 2.45) is 5.92 Å². The largest absolute Gasteiger partial charge is 0.316 e. The lowest BCUT2D eigenvalue weighted by Gasteiger charge is -2.26. The first-order valence-electron chi connectivity index (χ1n) is 5.72. The molecule has 1 aromatic rings. The van der Waals surface area contributed by atoms with Crippen LogP contribution < -0.4 is 5.32 Å². The fraction of sp³-hybridized carbons (Fsp3) is 0.538. The molecule has 0 saturated carbocycles. The van der Waals surface area contributed by atoms with E-state index < -0.39 is 5.67 Å². The van der Waals surface area contributed by atoms with Crippen molar-refractivity contribution in [3.8, 4) is 0 Å². The van der Waals surface area contributed by atoms with Crippen molar-refractivity contribution in [3.63, 3.8) is 0 Å². The summed E-state index contributed by atoms with van der Waals surface area (Å²) in [6.45, 7) is 3.48. The van der Waals surface area contributed by atoms with Gasteiger partial charge >= 0.3 is 0 Å². The van der Waals surface area contributed by atoms with Crippen LogP contribution in [-0.2, 0) is 6.42 Å². The Balaban J connectivity index is 2.07. The SMILES string of the molecule is CC(F)(Cc1cccc(Br)c1)C1CCNC1. The highest BCUT2D eigenvalue weighted by atomic mass is 79.9. The molecule has 2 atom stereocenters. The topological polar surface area (TPSA) is 12.0 Å². The summed E-state index contributed by atoms with van der Waals surface area (Å²) in [6.07, 6.45) is 1.44. The smallest absolute Gasteiger partial charge is 0.116 e. The third-order valence-corrected chi connectivity index (χ3v) is 3.84. The Morgan fingerprint density at radius 3 is 3.00 bits per heavy atom. The summed E-state index contributed by atoms with van der Waals surface area (Å²) in [6, 6.07) is 7.92. The Morgan fingerprint density at radius 2 is 2.38 bits per heavy atom. The molecule has 88 valence electrons. The van der Waals surface area contributed by atoms with Crippen LogP contribution in [0.5, 0.6) is 0 Å². The number of halogens is 2. The van der Waals surface area contributed by atoms with Gasteiger partial charge in [0.15, 0.2) is 0 Å². The number of hydrogen-bond donors (Lipinski definition) is 1. The Bertz CT molecular complexity index is 359. The molecular formula is C13H17BrFN. The van der Waals surface area contributed by atoms with Crippen LogP contribution in [0.2, 0.25) is 0 Å². The predicted molar refractivity (Wildman–Crippen MR) is 68.3 cm³/mol. The lowest BCUT2D eigenvalue weighted by molar-refractivity contribution is 0.113. The molecule has 1 N–H and O–H groups in total. The number of alkyl halides is 1. The van der Waals surface area contributed by atoms with E-state index in [2.05, 4.69) is 21.2 Å². The van der Waals surface area contributed by atoms with Crippen LogP contribution in [0.3, 0.4) is 0 Å². The molecule has 0 amide bonds. The fourth-order valence-electron chi connectivity index (χ4n) is 2.36. The zero-order valence-electron chi connectivity index (χ0n) is 9.47. The molecule has 0 spiro atoms. The second-order valence-corrected chi connectivity index (χ2v) is 5.69. The zero-order chi connectivity index (χ0) is 11.6. The van der Waals surface area contributed by atoms with Crippen LogP contribution in [0.15, 0.2) is 28.7 Å². The lowest BCUT2D eigenvalue weighted by Crippen LogP contribution is -2.33. The standard InChI is InChI=1S/C13H17BrFN/c1-13(15,11-5-6-16-9-11)8-10-3-2-4-12(14)7-10/h2-4,7,11,16H,5-6,8-9H2,1H3. The van der Waals surface area contributed by atoms with Crippen LogP contribution in [0.4, 0.5) is 4.39 Å². The summed E-state index contributed by atoms with van der Waals surface area (Å²) in [7, 11) is 0. The van der Waals surface area contributed by atoms with Crippen molar-refractivity contribution >= 4 is 15.9 Å². The molecule has 16 heavy (non-hydrogen) atoms. The molecule has 1 aromatic carbocycles. The highest BCUT2D eigenvalue weighted by Crippen LogP contribution is 2.31. The molecule has 1 nitrogen and oxygen atoms in total. The third kappa shape index (κ3) is 2.83. The van der Waals surface area contributed by atoms with Crippen molar-refractivity contribution in [2.45, 2.75) is 25.4 Å². The van der Waals surface area contributed by atoms with Crippen molar-refractivity contribution in [2.75, 3.05) is 13.1 Å². The normalized spacial score (nSPS) is 24.3. The van der Waals surface area contributed by atoms with E-state index in [1.54, 1.807) is 6.92 Å². The quantitative estimate of drug-likeness (QED) is 0.898. The summed E-state index contributed by atoms with van der Waals surface area (Å²) in [5, 5.41) is 3.23. The number of rotatable bonds is 3. The van der Waals surface area contributed by atoms with Gasteiger partial charge in [0, 0.05) is 23.4 Å². The van der Waals surface area contributed by atoms with Gasteiger partial charge in [-0.1, -0.05) is 28.1 Å². The number of benzene rings is 1. The van der Waals surface area contributed by atoms with E-state index in [4.69, 9.17) is 0 Å². The Morgan fingerprint density at radius 1 is 1.56 bits per heavy atom. The van der Waals surface area contributed by atoms with Crippen molar-refractivity contribution < 1.29 is 4.39 Å². The van der Waals surface area contributed by atoms with Crippen molar-refractivity contribution in [1.29, 1.82) is 0 Å². The molecule has 2 unspecified atom stereocenters. The first-order valence-corrected chi connectivity index (χ1v) is 6.51. The van der Waals surface area contributed by atoms with Crippen LogP contribution >= 0.6 is 15.9 Å². The highest BCUT2D eigenvalue weighted by molar-refractivity contribution is 9.10. The van der Waals surface area contributed by atoms with E-state index in [0.717, 1.165) is 29.5 Å². The number of nitrogens with one attached hydrogen (secondary N) is 1. The maximum atomic E-state index is 14.6. The minimum atomic E-state index is -1.11. The molecule has 1 heterocycles. The van der Waals surface area contributed by atoms with Gasteiger partial charge in [-0.15, -0.1) is 0 Å². The zero-order valence-corrected chi connectivity index (χ0v) is 11.1. The minimum absolute atomic E-state index is 0.145. The Labute approximate surface area is 105 Å². The molecule has 1 saturated heterocycles. The lowest BCUT2D eigenvalue weighted by atomic mass is 9.85. The summed E-state index contributed by atoms with van der Waals surface area (Å²) in [5.41, 5.74) is -0.0455. The van der Waals surface area contributed by atoms with Gasteiger partial charge in [-0.2, -0.15) is 0 Å². The Kier molecular flexibility index (Phi) is 3.65. The monoisotopic (exact) mass is 285 g/mol. The molecular weight excluding hydrogens is 269 g/mol. The van der Waals surface area contributed by atoms with E-state index in [0.29, 0.717) is 6.42 Å². The van der Waals surface area contributed by atoms with Crippen LogP contribution in [0.25, 0.3) is 0 Å². The van der Waals surface area contributed by atoms with E-state index in [1.807, 2.05) is 24.3 Å². The van der Waals surface area contributed by atoms with E-state index >= 15 is 0 Å². The molecule has 0 bridgehead atoms. The second kappa shape index (κ2) is 4.84. The number of hydrogen-bond acceptors (Lipinski definition) is 1. The first kappa shape index (κ1) is 12.1. The van der Waals surface area contributed by atoms with E-state index in [1.165, 1.54) is 0 Å². The highest BCUT2D eigenvalue weighted by Gasteiger charge is 2.36. The average molecular weight is 286 g/mol. The van der Waals surface area contributed by atoms with Gasteiger partial charge in [0.1, 0.15) is 5.67 Å². The van der Waals surface area contributed by atoms with E-state index in [9.17, 15) is 4.39 Å². The van der Waals surface area contributed by atoms with Gasteiger partial charge in [-0.3, -0.25) is 0 Å². The van der Waals surface area contributed by atoms with Crippen LogP contribution in [0.1, 0.15) is 18.9 Å². The van der Waals surface area contributed by atoms with Crippen molar-refractivity contribution in [3.05, 3.63) is 34.3 Å². The van der Waals surface area contributed by atoms with Gasteiger partial charge in [0.25, 0.3) is 0 Å². The van der Waals surface area contributed by atoms with Gasteiger partial charge in [0.2, 0.25) is 0 Å². The second-order valence-electron chi connectivity index (χ2n) is 4.77. The van der Waals surface area contributed by atoms with Crippen LogP contribution in [-0.4, -0.2) is 18.8 Å². The van der Waals surface area contributed by atoms with Gasteiger partial charge in [0.05, 0.1) is 0 Å². The molecule has 0 aromatic heterocycles. The first-order chi connectivity index (χ1) is 7.58. The molecule has 0 radical (unpaired) electrons. The predicted octanol–water partition coefficient (Wildman–Crippen LogP) is 3.33. The fourth-order valence-corrected chi connectivity index (χ4v) is 2.81. The maximum Gasteiger partial charge on any atom is 0.116 e. The maximum absolute atomic E-state index is 14.6. The molecule has 0 aliphatic carbocycles. The summed E-state index contributed by atoms with van der Waals surface area (Å²) in [5.74, 6) is 0.145. The molecule has 2 rings (SSSR count). The minimum Gasteiger partial charge on any atom is -0.316 e. The van der Waals surface area contributed by atoms with Crippen LogP contribution in [0, 0.1) is 5.92 Å². The molecule has 1 fully saturated rings. The van der Waals surface area contributed by atoms with Crippen molar-refractivity contribution in [1.82, 2.24) is 5.32 Å². The summed E-state index contributed by atoms with van der Waals surface area (Å²) in [4.78, 5) is 0.